The zero-order valence-electron chi connectivity index (χ0n) is 9.37. The molecule has 0 fully saturated rings. The Morgan fingerprint density at radius 1 is 1.33 bits per heavy atom. The van der Waals surface area contributed by atoms with Gasteiger partial charge in [-0.1, -0.05) is 19.9 Å². The van der Waals surface area contributed by atoms with Gasteiger partial charge in [-0.2, -0.15) is 0 Å². The third-order valence-corrected chi connectivity index (χ3v) is 2.64. The number of hydrogen-bond acceptors (Lipinski definition) is 2. The standard InChI is InChI=1S/C12H18FNO/c1-7(2)12(15)11(14)10-5-4-9(13)6-8(10)3/h4-7,11-12,15H,14H2,1-3H3/t11-,12+/m0/s1. The third-order valence-electron chi connectivity index (χ3n) is 2.64. The number of aryl methyl sites for hydroxylation is 1. The van der Waals surface area contributed by atoms with E-state index in [1.54, 1.807) is 13.0 Å². The minimum atomic E-state index is -0.603. The Labute approximate surface area is 89.9 Å². The maximum Gasteiger partial charge on any atom is 0.123 e. The van der Waals surface area contributed by atoms with Crippen LogP contribution in [-0.2, 0) is 0 Å². The molecule has 0 heterocycles. The van der Waals surface area contributed by atoms with Crippen molar-refractivity contribution in [3.8, 4) is 0 Å². The van der Waals surface area contributed by atoms with Crippen LogP contribution in [0.15, 0.2) is 18.2 Å². The molecular weight excluding hydrogens is 193 g/mol. The molecule has 1 rings (SSSR count). The Bertz CT molecular complexity index is 338. The molecule has 0 saturated heterocycles. The van der Waals surface area contributed by atoms with Crippen LogP contribution in [0.2, 0.25) is 0 Å². The average Bonchev–Trinajstić information content (AvgIpc) is 2.15. The molecule has 15 heavy (non-hydrogen) atoms. The molecule has 0 saturated carbocycles. The van der Waals surface area contributed by atoms with E-state index in [9.17, 15) is 9.50 Å². The van der Waals surface area contributed by atoms with E-state index in [-0.39, 0.29) is 11.7 Å². The molecule has 3 heteroatoms. The smallest absolute Gasteiger partial charge is 0.123 e. The Morgan fingerprint density at radius 2 is 1.93 bits per heavy atom. The lowest BCUT2D eigenvalue weighted by molar-refractivity contribution is 0.0977. The maximum absolute atomic E-state index is 12.9. The highest BCUT2D eigenvalue weighted by atomic mass is 19.1. The van der Waals surface area contributed by atoms with Crippen molar-refractivity contribution < 1.29 is 9.50 Å². The first-order valence-corrected chi connectivity index (χ1v) is 5.13. The molecule has 1 aromatic rings. The van der Waals surface area contributed by atoms with Crippen LogP contribution >= 0.6 is 0 Å². The summed E-state index contributed by atoms with van der Waals surface area (Å²) in [7, 11) is 0. The molecule has 1 aromatic carbocycles. The van der Waals surface area contributed by atoms with Crippen molar-refractivity contribution in [3.63, 3.8) is 0 Å². The lowest BCUT2D eigenvalue weighted by Gasteiger charge is -2.23. The first-order chi connectivity index (χ1) is 6.93. The van der Waals surface area contributed by atoms with E-state index in [1.165, 1.54) is 12.1 Å². The van der Waals surface area contributed by atoms with Crippen molar-refractivity contribution >= 4 is 0 Å². The van der Waals surface area contributed by atoms with E-state index in [4.69, 9.17) is 5.73 Å². The van der Waals surface area contributed by atoms with Gasteiger partial charge in [-0.15, -0.1) is 0 Å². The third kappa shape index (κ3) is 2.76. The molecule has 0 aliphatic heterocycles. The van der Waals surface area contributed by atoms with Gasteiger partial charge in [0, 0.05) is 0 Å². The van der Waals surface area contributed by atoms with Crippen molar-refractivity contribution in [1.29, 1.82) is 0 Å². The lowest BCUT2D eigenvalue weighted by Crippen LogP contribution is -2.31. The van der Waals surface area contributed by atoms with Gasteiger partial charge < -0.3 is 10.8 Å². The van der Waals surface area contributed by atoms with Gasteiger partial charge in [0.1, 0.15) is 5.82 Å². The van der Waals surface area contributed by atoms with Gasteiger partial charge in [0.2, 0.25) is 0 Å². The molecule has 0 unspecified atom stereocenters. The first-order valence-electron chi connectivity index (χ1n) is 5.13. The van der Waals surface area contributed by atoms with Crippen LogP contribution in [0.4, 0.5) is 4.39 Å². The second-order valence-corrected chi connectivity index (χ2v) is 4.26. The second kappa shape index (κ2) is 4.73. The van der Waals surface area contributed by atoms with Gasteiger partial charge in [-0.25, -0.2) is 4.39 Å². The summed E-state index contributed by atoms with van der Waals surface area (Å²) in [5.41, 5.74) is 7.50. The Balaban J connectivity index is 2.96. The van der Waals surface area contributed by atoms with Gasteiger partial charge in [-0.05, 0) is 36.1 Å². The monoisotopic (exact) mass is 211 g/mol. The maximum atomic E-state index is 12.9. The van der Waals surface area contributed by atoms with Gasteiger partial charge in [0.15, 0.2) is 0 Å². The minimum Gasteiger partial charge on any atom is -0.391 e. The summed E-state index contributed by atoms with van der Waals surface area (Å²) in [4.78, 5) is 0. The van der Waals surface area contributed by atoms with E-state index in [0.717, 1.165) is 11.1 Å². The van der Waals surface area contributed by atoms with Crippen molar-refractivity contribution in [2.24, 2.45) is 11.7 Å². The largest absolute Gasteiger partial charge is 0.391 e. The highest BCUT2D eigenvalue weighted by Crippen LogP contribution is 2.23. The zero-order valence-corrected chi connectivity index (χ0v) is 9.37. The molecule has 2 atom stereocenters. The molecule has 0 radical (unpaired) electrons. The Kier molecular flexibility index (Phi) is 3.83. The van der Waals surface area contributed by atoms with Crippen molar-refractivity contribution in [2.75, 3.05) is 0 Å². The summed E-state index contributed by atoms with van der Waals surface area (Å²) in [6.07, 6.45) is -0.603. The number of aliphatic hydroxyl groups is 1. The SMILES string of the molecule is Cc1cc(F)ccc1[C@H](N)[C@H](O)C(C)C. The number of hydrogen-bond donors (Lipinski definition) is 2. The zero-order chi connectivity index (χ0) is 11.6. The van der Waals surface area contributed by atoms with Crippen molar-refractivity contribution in [3.05, 3.63) is 35.1 Å². The highest BCUT2D eigenvalue weighted by molar-refractivity contribution is 5.30. The number of nitrogens with two attached hydrogens (primary N) is 1. The van der Waals surface area contributed by atoms with Gasteiger partial charge in [0.25, 0.3) is 0 Å². The molecule has 0 aliphatic carbocycles. The quantitative estimate of drug-likeness (QED) is 0.804. The number of benzene rings is 1. The van der Waals surface area contributed by atoms with Crippen LogP contribution in [0, 0.1) is 18.7 Å². The van der Waals surface area contributed by atoms with Crippen LogP contribution in [0.3, 0.4) is 0 Å². The normalized spacial score (nSPS) is 15.4. The first kappa shape index (κ1) is 12.1. The fraction of sp³-hybridized carbons (Fsp3) is 0.500. The van der Waals surface area contributed by atoms with Crippen molar-refractivity contribution in [1.82, 2.24) is 0 Å². The second-order valence-electron chi connectivity index (χ2n) is 4.26. The van der Waals surface area contributed by atoms with Gasteiger partial charge >= 0.3 is 0 Å². The molecule has 3 N–H and O–H groups in total. The number of halogens is 1. The predicted octanol–water partition coefficient (Wildman–Crippen LogP) is 2.15. The van der Waals surface area contributed by atoms with E-state index in [2.05, 4.69) is 0 Å². The molecular formula is C12H18FNO. The highest BCUT2D eigenvalue weighted by Gasteiger charge is 2.21. The predicted molar refractivity (Wildman–Crippen MR) is 58.9 cm³/mol. The van der Waals surface area contributed by atoms with Gasteiger partial charge in [-0.3, -0.25) is 0 Å². The van der Waals surface area contributed by atoms with Crippen LogP contribution in [0.1, 0.15) is 31.0 Å². The average molecular weight is 211 g/mol. The van der Waals surface area contributed by atoms with E-state index >= 15 is 0 Å². The molecule has 0 aliphatic rings. The Hall–Kier alpha value is -0.930. The molecule has 84 valence electrons. The summed E-state index contributed by atoms with van der Waals surface area (Å²) < 4.78 is 12.9. The molecule has 0 amide bonds. The van der Waals surface area contributed by atoms with Crippen LogP contribution in [0.5, 0.6) is 0 Å². The van der Waals surface area contributed by atoms with Gasteiger partial charge in [0.05, 0.1) is 12.1 Å². The van der Waals surface area contributed by atoms with Crippen molar-refractivity contribution in [2.45, 2.75) is 32.9 Å². The van der Waals surface area contributed by atoms with E-state index in [1.807, 2.05) is 13.8 Å². The van der Waals surface area contributed by atoms with Crippen LogP contribution in [0.25, 0.3) is 0 Å². The molecule has 0 aromatic heterocycles. The summed E-state index contributed by atoms with van der Waals surface area (Å²) in [6.45, 7) is 5.61. The summed E-state index contributed by atoms with van der Waals surface area (Å²) in [6, 6.07) is 3.99. The fourth-order valence-electron chi connectivity index (χ4n) is 1.61. The number of rotatable bonds is 3. The van der Waals surface area contributed by atoms with E-state index < -0.39 is 12.1 Å². The number of aliphatic hydroxyl groups excluding tert-OH is 1. The van der Waals surface area contributed by atoms with Crippen LogP contribution < -0.4 is 5.73 Å². The fourth-order valence-corrected chi connectivity index (χ4v) is 1.61. The summed E-state index contributed by atoms with van der Waals surface area (Å²) >= 11 is 0. The molecule has 0 spiro atoms. The Morgan fingerprint density at radius 3 is 2.40 bits per heavy atom. The topological polar surface area (TPSA) is 46.2 Å². The lowest BCUT2D eigenvalue weighted by atomic mass is 9.92. The molecule has 2 nitrogen and oxygen atoms in total. The summed E-state index contributed by atoms with van der Waals surface area (Å²) in [5, 5.41) is 9.82. The van der Waals surface area contributed by atoms with E-state index in [0.29, 0.717) is 0 Å². The summed E-state index contributed by atoms with van der Waals surface area (Å²) in [5.74, 6) is -0.188. The molecule has 0 bridgehead atoms. The minimum absolute atomic E-state index is 0.0875. The van der Waals surface area contributed by atoms with Crippen LogP contribution in [-0.4, -0.2) is 11.2 Å².